The van der Waals surface area contributed by atoms with Crippen molar-refractivity contribution in [3.8, 4) is 0 Å². The van der Waals surface area contributed by atoms with Gasteiger partial charge in [0.15, 0.2) is 0 Å². The van der Waals surface area contributed by atoms with Gasteiger partial charge in [-0.1, -0.05) is 11.6 Å². The van der Waals surface area contributed by atoms with E-state index in [-0.39, 0.29) is 11.8 Å². The highest BCUT2D eigenvalue weighted by Gasteiger charge is 2.39. The highest BCUT2D eigenvalue weighted by atomic mass is 35.5. The number of halogens is 1. The third-order valence-electron chi connectivity index (χ3n) is 5.49. The molecule has 0 bridgehead atoms. The first kappa shape index (κ1) is 16.7. The Bertz CT molecular complexity index is 1240. The topological polar surface area (TPSA) is 105 Å². The number of imidazole rings is 1. The van der Waals surface area contributed by atoms with E-state index in [9.17, 15) is 4.79 Å². The standard InChI is InChI=1S/C19H16ClN7O2/c20-11-2-1-6-27-14(11)8-13(25-27)16-15-12(21-9-22-15)5-7-26(16)19(28)18-24-23-17(29-18)10-3-4-10/h1-2,6,8-10,16H,3-5,7H2,(H,21,22). The van der Waals surface area contributed by atoms with Crippen LogP contribution < -0.4 is 0 Å². The van der Waals surface area contributed by atoms with Gasteiger partial charge in [-0.2, -0.15) is 5.10 Å². The van der Waals surface area contributed by atoms with Gasteiger partial charge in [0.2, 0.25) is 5.89 Å². The molecule has 0 aromatic carbocycles. The summed E-state index contributed by atoms with van der Waals surface area (Å²) < 4.78 is 7.37. The molecule has 6 rings (SSSR count). The number of carbonyl (C=O) groups is 1. The Morgan fingerprint density at radius 3 is 3.03 bits per heavy atom. The smallest absolute Gasteiger partial charge is 0.312 e. The molecule has 1 aliphatic heterocycles. The molecule has 0 spiro atoms. The molecule has 1 atom stereocenters. The van der Waals surface area contributed by atoms with E-state index in [1.165, 1.54) is 0 Å². The predicted octanol–water partition coefficient (Wildman–Crippen LogP) is 2.76. The lowest BCUT2D eigenvalue weighted by molar-refractivity contribution is 0.0644. The molecule has 10 heteroatoms. The SMILES string of the molecule is O=C(c1nnc(C2CC2)o1)N1CCc2[nH]cnc2C1c1cc2c(Cl)cccn2n1. The zero-order chi connectivity index (χ0) is 19.5. The minimum absolute atomic E-state index is 0.0117. The molecule has 1 saturated carbocycles. The molecule has 1 amide bonds. The van der Waals surface area contributed by atoms with E-state index in [4.69, 9.17) is 16.0 Å². The summed E-state index contributed by atoms with van der Waals surface area (Å²) in [6.45, 7) is 0.488. The second-order valence-corrected chi connectivity index (χ2v) is 7.80. The highest BCUT2D eigenvalue weighted by Crippen LogP contribution is 2.40. The lowest BCUT2D eigenvalue weighted by atomic mass is 9.99. The van der Waals surface area contributed by atoms with Gasteiger partial charge in [-0.15, -0.1) is 10.2 Å². The lowest BCUT2D eigenvalue weighted by Gasteiger charge is -2.32. The van der Waals surface area contributed by atoms with Gasteiger partial charge >= 0.3 is 11.8 Å². The van der Waals surface area contributed by atoms with Crippen molar-refractivity contribution in [2.75, 3.05) is 6.54 Å². The van der Waals surface area contributed by atoms with E-state index in [0.29, 0.717) is 35.5 Å². The van der Waals surface area contributed by atoms with Crippen LogP contribution in [0.5, 0.6) is 0 Å². The molecule has 1 unspecified atom stereocenters. The molecule has 0 saturated heterocycles. The summed E-state index contributed by atoms with van der Waals surface area (Å²) in [7, 11) is 0. The Hall–Kier alpha value is -3.20. The zero-order valence-corrected chi connectivity index (χ0v) is 16.0. The number of H-pyrrole nitrogens is 1. The van der Waals surface area contributed by atoms with Crippen molar-refractivity contribution in [1.29, 1.82) is 0 Å². The first-order chi connectivity index (χ1) is 14.2. The first-order valence-corrected chi connectivity index (χ1v) is 9.87. The minimum atomic E-state index is -0.468. The Labute approximate surface area is 169 Å². The van der Waals surface area contributed by atoms with Crippen LogP contribution in [0.15, 0.2) is 35.1 Å². The van der Waals surface area contributed by atoms with Crippen LogP contribution in [0.2, 0.25) is 5.02 Å². The minimum Gasteiger partial charge on any atom is -0.417 e. The van der Waals surface area contributed by atoms with Crippen molar-refractivity contribution in [3.63, 3.8) is 0 Å². The van der Waals surface area contributed by atoms with E-state index < -0.39 is 6.04 Å². The fraction of sp³-hybridized carbons (Fsp3) is 0.316. The maximum absolute atomic E-state index is 13.3. The molecule has 146 valence electrons. The van der Waals surface area contributed by atoms with Gasteiger partial charge in [-0.25, -0.2) is 9.50 Å². The predicted molar refractivity (Wildman–Crippen MR) is 102 cm³/mol. The van der Waals surface area contributed by atoms with Crippen molar-refractivity contribution in [1.82, 2.24) is 34.7 Å². The number of hydrogen-bond donors (Lipinski definition) is 1. The number of hydrogen-bond acceptors (Lipinski definition) is 6. The monoisotopic (exact) mass is 409 g/mol. The summed E-state index contributed by atoms with van der Waals surface area (Å²) in [5, 5.41) is 13.3. The van der Waals surface area contributed by atoms with Crippen molar-refractivity contribution < 1.29 is 9.21 Å². The van der Waals surface area contributed by atoms with Gasteiger partial charge in [0, 0.05) is 30.8 Å². The Balaban J connectivity index is 1.44. The van der Waals surface area contributed by atoms with E-state index in [1.807, 2.05) is 24.4 Å². The van der Waals surface area contributed by atoms with Gasteiger partial charge in [0.1, 0.15) is 6.04 Å². The summed E-state index contributed by atoms with van der Waals surface area (Å²) in [4.78, 5) is 22.6. The quantitative estimate of drug-likeness (QED) is 0.557. The molecular formula is C19H16ClN7O2. The summed E-state index contributed by atoms with van der Waals surface area (Å²) in [6.07, 6.45) is 6.19. The Morgan fingerprint density at radius 2 is 2.21 bits per heavy atom. The third-order valence-corrected chi connectivity index (χ3v) is 5.80. The average Bonchev–Trinajstić information content (AvgIpc) is 3.13. The number of aromatic nitrogens is 6. The summed E-state index contributed by atoms with van der Waals surface area (Å²) >= 11 is 6.33. The van der Waals surface area contributed by atoms with Crippen molar-refractivity contribution in [2.24, 2.45) is 0 Å². The Morgan fingerprint density at radius 1 is 1.31 bits per heavy atom. The number of nitrogens with zero attached hydrogens (tertiary/aromatic N) is 6. The number of fused-ring (bicyclic) bond motifs is 2. The number of aromatic amines is 1. The van der Waals surface area contributed by atoms with E-state index >= 15 is 0 Å². The molecule has 1 N–H and O–H groups in total. The molecule has 9 nitrogen and oxygen atoms in total. The van der Waals surface area contributed by atoms with Crippen molar-refractivity contribution in [3.05, 3.63) is 64.6 Å². The van der Waals surface area contributed by atoms with Gasteiger partial charge in [0.05, 0.1) is 28.3 Å². The lowest BCUT2D eigenvalue weighted by Crippen LogP contribution is -2.41. The summed E-state index contributed by atoms with van der Waals surface area (Å²) in [6, 6.07) is 5.06. The van der Waals surface area contributed by atoms with Gasteiger partial charge in [-0.3, -0.25) is 4.79 Å². The van der Waals surface area contributed by atoms with Crippen LogP contribution in [0.25, 0.3) is 5.52 Å². The van der Waals surface area contributed by atoms with Crippen LogP contribution in [0, 0.1) is 0 Å². The van der Waals surface area contributed by atoms with E-state index in [1.54, 1.807) is 15.7 Å². The summed E-state index contributed by atoms with van der Waals surface area (Å²) in [5.74, 6) is 0.533. The zero-order valence-electron chi connectivity index (χ0n) is 15.2. The molecular weight excluding hydrogens is 394 g/mol. The van der Waals surface area contributed by atoms with Crippen LogP contribution in [0.3, 0.4) is 0 Å². The molecule has 0 radical (unpaired) electrons. The van der Waals surface area contributed by atoms with Crippen LogP contribution in [-0.4, -0.2) is 47.1 Å². The first-order valence-electron chi connectivity index (χ1n) is 9.49. The van der Waals surface area contributed by atoms with Crippen LogP contribution in [-0.2, 0) is 6.42 Å². The second kappa shape index (κ2) is 6.15. The number of nitrogens with one attached hydrogen (secondary N) is 1. The van der Waals surface area contributed by atoms with E-state index in [0.717, 1.165) is 29.7 Å². The number of carbonyl (C=O) groups excluding carboxylic acids is 1. The molecule has 29 heavy (non-hydrogen) atoms. The van der Waals surface area contributed by atoms with Gasteiger partial charge in [-0.05, 0) is 31.0 Å². The number of pyridine rings is 1. The largest absolute Gasteiger partial charge is 0.417 e. The highest BCUT2D eigenvalue weighted by molar-refractivity contribution is 6.33. The second-order valence-electron chi connectivity index (χ2n) is 7.39. The maximum atomic E-state index is 13.3. The maximum Gasteiger partial charge on any atom is 0.312 e. The Kier molecular flexibility index (Phi) is 3.55. The molecule has 1 aliphatic carbocycles. The van der Waals surface area contributed by atoms with Gasteiger partial charge in [0.25, 0.3) is 0 Å². The van der Waals surface area contributed by atoms with Crippen LogP contribution >= 0.6 is 11.6 Å². The molecule has 4 aromatic heterocycles. The van der Waals surface area contributed by atoms with Crippen LogP contribution in [0.1, 0.15) is 58.5 Å². The fourth-order valence-corrected chi connectivity index (χ4v) is 4.08. The normalized spacial score (nSPS) is 18.9. The summed E-state index contributed by atoms with van der Waals surface area (Å²) in [5.41, 5.74) is 3.21. The van der Waals surface area contributed by atoms with Crippen molar-refractivity contribution >= 4 is 23.0 Å². The number of amides is 1. The average molecular weight is 410 g/mol. The third kappa shape index (κ3) is 2.65. The molecule has 4 aromatic rings. The van der Waals surface area contributed by atoms with Gasteiger partial charge < -0.3 is 14.3 Å². The molecule has 1 fully saturated rings. The van der Waals surface area contributed by atoms with E-state index in [2.05, 4.69) is 25.3 Å². The molecule has 5 heterocycles. The van der Waals surface area contributed by atoms with Crippen LogP contribution in [0.4, 0.5) is 0 Å². The molecule has 2 aliphatic rings. The fourth-order valence-electron chi connectivity index (χ4n) is 3.87. The number of rotatable bonds is 3. The van der Waals surface area contributed by atoms with Crippen molar-refractivity contribution in [2.45, 2.75) is 31.2 Å².